The maximum Gasteiger partial charge on any atom is 0.259 e. The van der Waals surface area contributed by atoms with Crippen LogP contribution in [0.5, 0.6) is 5.75 Å². The van der Waals surface area contributed by atoms with Gasteiger partial charge in [0.2, 0.25) is 0 Å². The largest absolute Gasteiger partial charge is 0.494 e. The molecular formula is C21H22FN3O2. The number of nitrogens with zero attached hydrogens (tertiary/aromatic N) is 2. The first kappa shape index (κ1) is 17.7. The molecule has 1 aliphatic rings. The van der Waals surface area contributed by atoms with Crippen molar-refractivity contribution in [2.24, 2.45) is 0 Å². The van der Waals surface area contributed by atoms with E-state index in [0.29, 0.717) is 16.8 Å². The van der Waals surface area contributed by atoms with Gasteiger partial charge in [0.25, 0.3) is 5.56 Å². The van der Waals surface area contributed by atoms with Crippen LogP contribution in [0.15, 0.2) is 41.2 Å². The molecule has 0 radical (unpaired) electrons. The van der Waals surface area contributed by atoms with Crippen LogP contribution in [0.4, 0.5) is 4.39 Å². The van der Waals surface area contributed by atoms with E-state index in [4.69, 9.17) is 4.74 Å². The number of benzene rings is 2. The Hall–Kier alpha value is -2.73. The summed E-state index contributed by atoms with van der Waals surface area (Å²) in [5.74, 6) is 0.245. The number of hydrogen-bond donors (Lipinski definition) is 1. The number of halogens is 1. The van der Waals surface area contributed by atoms with E-state index in [1.54, 1.807) is 12.1 Å². The number of methoxy groups -OCH3 is 1. The Kier molecular flexibility index (Phi) is 4.66. The standard InChI is InChI=1S/C21H22FN3O2/c1-25-10-8-13(9-11-25)14-6-7-17-16(12-14)21(26)24-20(23-17)15-4-3-5-18(27-2)19(15)22/h3-7,12-13H,8-11H2,1-2H3,(H,23,24,26). The molecule has 1 aromatic heterocycles. The molecule has 0 spiro atoms. The zero-order chi connectivity index (χ0) is 19.0. The zero-order valence-electron chi connectivity index (χ0n) is 15.5. The molecule has 2 aromatic carbocycles. The molecule has 0 amide bonds. The molecule has 140 valence electrons. The first-order chi connectivity index (χ1) is 13.1. The van der Waals surface area contributed by atoms with Crippen LogP contribution in [0, 0.1) is 5.82 Å². The Labute approximate surface area is 156 Å². The topological polar surface area (TPSA) is 58.2 Å². The molecule has 0 aliphatic carbocycles. The van der Waals surface area contributed by atoms with E-state index in [1.807, 2.05) is 18.2 Å². The van der Waals surface area contributed by atoms with Gasteiger partial charge in [0.15, 0.2) is 11.6 Å². The van der Waals surface area contributed by atoms with Crippen molar-refractivity contribution in [1.82, 2.24) is 14.9 Å². The van der Waals surface area contributed by atoms with Crippen LogP contribution in [0.2, 0.25) is 0 Å². The van der Waals surface area contributed by atoms with Gasteiger partial charge < -0.3 is 14.6 Å². The van der Waals surface area contributed by atoms with Crippen LogP contribution in [0.3, 0.4) is 0 Å². The van der Waals surface area contributed by atoms with E-state index >= 15 is 0 Å². The number of piperidine rings is 1. The highest BCUT2D eigenvalue weighted by Crippen LogP contribution is 2.30. The number of aromatic amines is 1. The Morgan fingerprint density at radius 3 is 2.74 bits per heavy atom. The summed E-state index contributed by atoms with van der Waals surface area (Å²) in [6.07, 6.45) is 2.17. The van der Waals surface area contributed by atoms with Gasteiger partial charge in [0.1, 0.15) is 5.82 Å². The second kappa shape index (κ2) is 7.12. The Balaban J connectivity index is 1.75. The highest BCUT2D eigenvalue weighted by atomic mass is 19.1. The van der Waals surface area contributed by atoms with Crippen molar-refractivity contribution in [2.75, 3.05) is 27.2 Å². The third-order valence-electron chi connectivity index (χ3n) is 5.36. The van der Waals surface area contributed by atoms with E-state index in [1.165, 1.54) is 18.7 Å². The van der Waals surface area contributed by atoms with E-state index in [-0.39, 0.29) is 22.7 Å². The Morgan fingerprint density at radius 2 is 2.00 bits per heavy atom. The molecule has 27 heavy (non-hydrogen) atoms. The average molecular weight is 367 g/mol. The molecule has 0 bridgehead atoms. The van der Waals surface area contributed by atoms with Crippen molar-refractivity contribution in [2.45, 2.75) is 18.8 Å². The highest BCUT2D eigenvalue weighted by molar-refractivity contribution is 5.80. The Bertz CT molecular complexity index is 1040. The van der Waals surface area contributed by atoms with Crippen LogP contribution in [0.1, 0.15) is 24.3 Å². The fraction of sp³-hybridized carbons (Fsp3) is 0.333. The Morgan fingerprint density at radius 1 is 1.22 bits per heavy atom. The lowest BCUT2D eigenvalue weighted by Crippen LogP contribution is -2.29. The predicted molar refractivity (Wildman–Crippen MR) is 104 cm³/mol. The third kappa shape index (κ3) is 3.32. The van der Waals surface area contributed by atoms with E-state index in [2.05, 4.69) is 21.9 Å². The number of nitrogens with one attached hydrogen (secondary N) is 1. The molecule has 1 N–H and O–H groups in total. The number of likely N-dealkylation sites (tertiary alicyclic amines) is 1. The molecule has 2 heterocycles. The number of fused-ring (bicyclic) bond motifs is 1. The third-order valence-corrected chi connectivity index (χ3v) is 5.36. The summed E-state index contributed by atoms with van der Waals surface area (Å²) in [4.78, 5) is 22.2. The lowest BCUT2D eigenvalue weighted by molar-refractivity contribution is 0.255. The summed E-state index contributed by atoms with van der Waals surface area (Å²) in [5, 5.41) is 0.540. The maximum absolute atomic E-state index is 14.5. The minimum atomic E-state index is -0.537. The van der Waals surface area contributed by atoms with Gasteiger partial charge in [-0.15, -0.1) is 0 Å². The van der Waals surface area contributed by atoms with Crippen LogP contribution < -0.4 is 10.3 Å². The molecule has 1 fully saturated rings. The lowest BCUT2D eigenvalue weighted by atomic mass is 9.89. The van der Waals surface area contributed by atoms with Crippen molar-refractivity contribution in [3.05, 3.63) is 58.1 Å². The van der Waals surface area contributed by atoms with Crippen molar-refractivity contribution in [3.63, 3.8) is 0 Å². The second-order valence-electron chi connectivity index (χ2n) is 7.09. The average Bonchev–Trinajstić information content (AvgIpc) is 2.68. The van der Waals surface area contributed by atoms with Crippen LogP contribution in [-0.2, 0) is 0 Å². The summed E-state index contributed by atoms with van der Waals surface area (Å²) in [6.45, 7) is 2.12. The summed E-state index contributed by atoms with van der Waals surface area (Å²) >= 11 is 0. The number of ether oxygens (including phenoxy) is 1. The van der Waals surface area contributed by atoms with Gasteiger partial charge in [-0.05, 0) is 68.7 Å². The van der Waals surface area contributed by atoms with Gasteiger partial charge in [-0.2, -0.15) is 0 Å². The SMILES string of the molecule is COc1cccc(-c2nc3ccc(C4CCN(C)CC4)cc3c(=O)[nH]2)c1F. The van der Waals surface area contributed by atoms with Crippen molar-refractivity contribution in [1.29, 1.82) is 0 Å². The molecular weight excluding hydrogens is 345 g/mol. The number of rotatable bonds is 3. The maximum atomic E-state index is 14.5. The van der Waals surface area contributed by atoms with Crippen LogP contribution >= 0.6 is 0 Å². The summed E-state index contributed by atoms with van der Waals surface area (Å²) in [7, 11) is 3.54. The fourth-order valence-electron chi connectivity index (χ4n) is 3.73. The smallest absolute Gasteiger partial charge is 0.259 e. The fourth-order valence-corrected chi connectivity index (χ4v) is 3.73. The predicted octanol–water partition coefficient (Wildman–Crippen LogP) is 3.55. The van der Waals surface area contributed by atoms with E-state index < -0.39 is 5.82 Å². The minimum absolute atomic E-state index is 0.118. The lowest BCUT2D eigenvalue weighted by Gasteiger charge is -2.29. The normalized spacial score (nSPS) is 16.0. The minimum Gasteiger partial charge on any atom is -0.494 e. The van der Waals surface area contributed by atoms with Gasteiger partial charge in [-0.1, -0.05) is 12.1 Å². The van der Waals surface area contributed by atoms with Crippen LogP contribution in [-0.4, -0.2) is 42.1 Å². The molecule has 4 rings (SSSR count). The van der Waals surface area contributed by atoms with Gasteiger partial charge >= 0.3 is 0 Å². The van der Waals surface area contributed by atoms with Crippen LogP contribution in [0.25, 0.3) is 22.3 Å². The van der Waals surface area contributed by atoms with Gasteiger partial charge in [0.05, 0.1) is 23.6 Å². The van der Waals surface area contributed by atoms with E-state index in [9.17, 15) is 9.18 Å². The molecule has 0 saturated carbocycles. The van der Waals surface area contributed by atoms with E-state index in [0.717, 1.165) is 25.9 Å². The van der Waals surface area contributed by atoms with Crippen molar-refractivity contribution >= 4 is 10.9 Å². The molecule has 1 aliphatic heterocycles. The monoisotopic (exact) mass is 367 g/mol. The second-order valence-corrected chi connectivity index (χ2v) is 7.09. The molecule has 1 saturated heterocycles. The molecule has 6 heteroatoms. The molecule has 0 unspecified atom stereocenters. The van der Waals surface area contributed by atoms with Crippen molar-refractivity contribution < 1.29 is 9.13 Å². The van der Waals surface area contributed by atoms with Gasteiger partial charge in [0, 0.05) is 0 Å². The number of H-pyrrole nitrogens is 1. The summed E-state index contributed by atoms with van der Waals surface area (Å²) < 4.78 is 19.6. The van der Waals surface area contributed by atoms with Gasteiger partial charge in [-0.3, -0.25) is 4.79 Å². The highest BCUT2D eigenvalue weighted by Gasteiger charge is 2.20. The summed E-state index contributed by atoms with van der Waals surface area (Å²) in [6, 6.07) is 10.6. The van der Waals surface area contributed by atoms with Gasteiger partial charge in [-0.25, -0.2) is 9.37 Å². The van der Waals surface area contributed by atoms with Crippen molar-refractivity contribution in [3.8, 4) is 17.1 Å². The first-order valence-electron chi connectivity index (χ1n) is 9.12. The molecule has 3 aromatic rings. The molecule has 0 atom stereocenters. The summed E-state index contributed by atoms with van der Waals surface area (Å²) in [5.41, 5.74) is 1.69. The molecule has 5 nitrogen and oxygen atoms in total. The quantitative estimate of drug-likeness (QED) is 0.769. The zero-order valence-corrected chi connectivity index (χ0v) is 15.5. The first-order valence-corrected chi connectivity index (χ1v) is 9.12. The number of aromatic nitrogens is 2. The number of hydrogen-bond acceptors (Lipinski definition) is 4.